The molecular formula is C23H23N3O7. The molecule has 0 radical (unpaired) electrons. The molecule has 10 nitrogen and oxygen atoms in total. The Kier molecular flexibility index (Phi) is 5.74. The van der Waals surface area contributed by atoms with Crippen LogP contribution in [0.4, 0.5) is 4.79 Å². The molecule has 2 aromatic carbocycles. The lowest BCUT2D eigenvalue weighted by atomic mass is 10.1. The van der Waals surface area contributed by atoms with Gasteiger partial charge in [-0.25, -0.2) is 9.59 Å². The molecule has 1 saturated heterocycles. The molecular weight excluding hydrogens is 430 g/mol. The van der Waals surface area contributed by atoms with Crippen LogP contribution in [0.5, 0.6) is 11.5 Å². The van der Waals surface area contributed by atoms with Crippen LogP contribution in [-0.2, 0) is 11.3 Å². The average molecular weight is 453 g/mol. The predicted molar refractivity (Wildman–Crippen MR) is 117 cm³/mol. The molecule has 5 rings (SSSR count). The van der Waals surface area contributed by atoms with Crippen molar-refractivity contribution in [3.8, 4) is 11.5 Å². The summed E-state index contributed by atoms with van der Waals surface area (Å²) < 4.78 is 21.1. The number of aromatic amines is 1. The van der Waals surface area contributed by atoms with Crippen molar-refractivity contribution >= 4 is 23.0 Å². The van der Waals surface area contributed by atoms with E-state index in [4.69, 9.17) is 18.6 Å². The Morgan fingerprint density at radius 1 is 1.00 bits per heavy atom. The van der Waals surface area contributed by atoms with Crippen LogP contribution in [0.15, 0.2) is 45.6 Å². The van der Waals surface area contributed by atoms with Crippen LogP contribution in [0.25, 0.3) is 11.1 Å². The predicted octanol–water partition coefficient (Wildman–Crippen LogP) is 2.38. The zero-order valence-corrected chi connectivity index (χ0v) is 17.9. The van der Waals surface area contributed by atoms with Gasteiger partial charge in [0.1, 0.15) is 6.61 Å². The molecule has 33 heavy (non-hydrogen) atoms. The van der Waals surface area contributed by atoms with Gasteiger partial charge in [0.2, 0.25) is 6.79 Å². The molecule has 0 saturated carbocycles. The summed E-state index contributed by atoms with van der Waals surface area (Å²) in [6.07, 6.45) is -0.0148. The number of carbonyl (C=O) groups is 2. The number of ketones is 1. The summed E-state index contributed by atoms with van der Waals surface area (Å²) in [5, 5.41) is 0. The lowest BCUT2D eigenvalue weighted by Gasteiger charge is -2.33. The minimum atomic E-state index is -0.540. The number of ether oxygens (including phenoxy) is 3. The first-order valence-corrected chi connectivity index (χ1v) is 10.7. The second-order valence-corrected chi connectivity index (χ2v) is 7.97. The average Bonchev–Trinajstić information content (AvgIpc) is 3.45. The van der Waals surface area contributed by atoms with Gasteiger partial charge in [0.25, 0.3) is 0 Å². The first-order chi connectivity index (χ1) is 16.0. The molecule has 2 aliphatic heterocycles. The Balaban J connectivity index is 1.06. The minimum Gasteiger partial charge on any atom is -0.454 e. The lowest BCUT2D eigenvalue weighted by Crippen LogP contribution is -2.49. The molecule has 1 N–H and O–H groups in total. The Morgan fingerprint density at radius 2 is 1.82 bits per heavy atom. The Labute approximate surface area is 188 Å². The van der Waals surface area contributed by atoms with Gasteiger partial charge in [0.05, 0.1) is 5.52 Å². The fraction of sp³-hybridized carbons (Fsp3) is 0.348. The van der Waals surface area contributed by atoms with Gasteiger partial charge in [-0.3, -0.25) is 14.7 Å². The van der Waals surface area contributed by atoms with Gasteiger partial charge >= 0.3 is 11.8 Å². The van der Waals surface area contributed by atoms with E-state index >= 15 is 0 Å². The van der Waals surface area contributed by atoms with Gasteiger partial charge in [0.15, 0.2) is 22.9 Å². The molecule has 0 spiro atoms. The maximum absolute atomic E-state index is 12.5. The minimum absolute atomic E-state index is 0.0219. The summed E-state index contributed by atoms with van der Waals surface area (Å²) >= 11 is 0. The van der Waals surface area contributed by atoms with Crippen molar-refractivity contribution in [2.45, 2.75) is 13.0 Å². The third-order valence-electron chi connectivity index (χ3n) is 5.83. The van der Waals surface area contributed by atoms with Crippen molar-refractivity contribution in [3.05, 3.63) is 58.1 Å². The molecule has 0 aliphatic carbocycles. The molecule has 3 heterocycles. The largest absolute Gasteiger partial charge is 0.454 e. The number of benzene rings is 2. The van der Waals surface area contributed by atoms with Crippen molar-refractivity contribution in [1.29, 1.82) is 0 Å². The highest BCUT2D eigenvalue weighted by Gasteiger charge is 2.23. The van der Waals surface area contributed by atoms with Gasteiger partial charge in [-0.05, 0) is 35.9 Å². The zero-order valence-electron chi connectivity index (χ0n) is 17.9. The van der Waals surface area contributed by atoms with Crippen LogP contribution < -0.4 is 15.2 Å². The number of hydrogen-bond acceptors (Lipinski definition) is 8. The van der Waals surface area contributed by atoms with Crippen LogP contribution >= 0.6 is 0 Å². The van der Waals surface area contributed by atoms with Gasteiger partial charge in [-0.2, -0.15) is 0 Å². The second-order valence-electron chi connectivity index (χ2n) is 7.97. The van der Waals surface area contributed by atoms with E-state index < -0.39 is 5.76 Å². The number of amides is 1. The first-order valence-electron chi connectivity index (χ1n) is 10.7. The third kappa shape index (κ3) is 4.70. The van der Waals surface area contributed by atoms with Crippen LogP contribution in [0.3, 0.4) is 0 Å². The Hall–Kier alpha value is -3.79. The Morgan fingerprint density at radius 3 is 2.67 bits per heavy atom. The summed E-state index contributed by atoms with van der Waals surface area (Å²) in [5.74, 6) is 0.786. The van der Waals surface area contributed by atoms with Gasteiger partial charge in [0, 0.05) is 44.7 Å². The maximum atomic E-state index is 12.5. The van der Waals surface area contributed by atoms with Crippen LogP contribution in [-0.4, -0.2) is 66.2 Å². The smallest absolute Gasteiger partial charge is 0.417 e. The first kappa shape index (κ1) is 21.1. The third-order valence-corrected chi connectivity index (χ3v) is 5.83. The van der Waals surface area contributed by atoms with Gasteiger partial charge in [-0.1, -0.05) is 6.07 Å². The van der Waals surface area contributed by atoms with Crippen LogP contribution in [0, 0.1) is 0 Å². The normalized spacial score (nSPS) is 15.7. The number of hydrogen-bond donors (Lipinski definition) is 1. The monoisotopic (exact) mass is 453 g/mol. The molecule has 0 bridgehead atoms. The second kappa shape index (κ2) is 8.99. The number of fused-ring (bicyclic) bond motifs is 2. The molecule has 0 unspecified atom stereocenters. The molecule has 172 valence electrons. The molecule has 10 heteroatoms. The number of nitrogens with zero attached hydrogens (tertiary/aromatic N) is 2. The fourth-order valence-electron chi connectivity index (χ4n) is 3.94. The molecule has 0 atom stereocenters. The highest BCUT2D eigenvalue weighted by atomic mass is 16.7. The molecule has 1 amide bonds. The van der Waals surface area contributed by atoms with E-state index in [1.807, 2.05) is 12.1 Å². The molecule has 1 aromatic heterocycles. The number of nitrogens with one attached hydrogen (secondary N) is 1. The quantitative estimate of drug-likeness (QED) is 0.566. The molecule has 1 fully saturated rings. The summed E-state index contributed by atoms with van der Waals surface area (Å²) in [6.45, 7) is 3.36. The number of oxazole rings is 1. The standard InChI is InChI=1S/C23H23N3O7/c27-18(16-2-3-17-20(12-16)33-22(28)24-17)5-6-25-7-9-26(10-8-25)23(29)30-13-15-1-4-19-21(11-15)32-14-31-19/h1-4,11-12H,5-10,13-14H2,(H,24,28). The SMILES string of the molecule is O=C(CCN1CCN(C(=O)OCc2ccc3c(c2)OCO3)CC1)c1ccc2[nH]c(=O)oc2c1. The summed E-state index contributed by atoms with van der Waals surface area (Å²) in [7, 11) is 0. The van der Waals surface area contributed by atoms with Crippen molar-refractivity contribution in [3.63, 3.8) is 0 Å². The zero-order chi connectivity index (χ0) is 22.8. The summed E-state index contributed by atoms with van der Waals surface area (Å²) in [4.78, 5) is 42.6. The summed E-state index contributed by atoms with van der Waals surface area (Å²) in [6, 6.07) is 10.4. The van der Waals surface area contributed by atoms with Crippen molar-refractivity contribution < 1.29 is 28.2 Å². The number of carbonyl (C=O) groups excluding carboxylic acids is 2. The van der Waals surface area contributed by atoms with Crippen molar-refractivity contribution in [2.75, 3.05) is 39.5 Å². The maximum Gasteiger partial charge on any atom is 0.417 e. The van der Waals surface area contributed by atoms with E-state index in [1.165, 1.54) is 0 Å². The number of rotatable bonds is 6. The fourth-order valence-corrected chi connectivity index (χ4v) is 3.94. The van der Waals surface area contributed by atoms with E-state index in [0.717, 1.165) is 5.56 Å². The van der Waals surface area contributed by atoms with E-state index in [2.05, 4.69) is 9.88 Å². The highest BCUT2D eigenvalue weighted by Crippen LogP contribution is 2.32. The van der Waals surface area contributed by atoms with E-state index in [9.17, 15) is 14.4 Å². The Bertz CT molecular complexity index is 1240. The number of H-pyrrole nitrogens is 1. The van der Waals surface area contributed by atoms with E-state index in [1.54, 1.807) is 29.2 Å². The lowest BCUT2D eigenvalue weighted by molar-refractivity contribution is 0.0696. The van der Waals surface area contributed by atoms with Gasteiger partial charge in [-0.15, -0.1) is 0 Å². The molecule has 2 aliphatic rings. The van der Waals surface area contributed by atoms with Gasteiger partial charge < -0.3 is 23.5 Å². The van der Waals surface area contributed by atoms with Crippen molar-refractivity contribution in [2.24, 2.45) is 0 Å². The topological polar surface area (TPSA) is 114 Å². The van der Waals surface area contributed by atoms with Crippen LogP contribution in [0.2, 0.25) is 0 Å². The van der Waals surface area contributed by atoms with E-state index in [-0.39, 0.29) is 25.3 Å². The molecule has 3 aromatic rings. The van der Waals surface area contributed by atoms with E-state index in [0.29, 0.717) is 67.3 Å². The summed E-state index contributed by atoms with van der Waals surface area (Å²) in [5.41, 5.74) is 2.29. The number of piperazine rings is 1. The number of Topliss-reactive ketones (excluding diaryl/α,β-unsaturated/α-hetero) is 1. The van der Waals surface area contributed by atoms with Crippen molar-refractivity contribution in [1.82, 2.24) is 14.8 Å². The highest BCUT2D eigenvalue weighted by molar-refractivity contribution is 5.98. The van der Waals surface area contributed by atoms with Crippen LogP contribution in [0.1, 0.15) is 22.3 Å². The number of aromatic nitrogens is 1.